The number of nitrogens with zero attached hydrogens (tertiary/aromatic N) is 10. The summed E-state index contributed by atoms with van der Waals surface area (Å²) >= 11 is 0. The third kappa shape index (κ3) is 7.69. The maximum atomic E-state index is 15.1. The number of amides is 3. The van der Waals surface area contributed by atoms with Gasteiger partial charge in [0.25, 0.3) is 0 Å². The highest BCUT2D eigenvalue weighted by molar-refractivity contribution is 6.05. The number of piperidine rings is 1. The summed E-state index contributed by atoms with van der Waals surface area (Å²) in [6.45, 7) is 12.7. The fourth-order valence-corrected chi connectivity index (χ4v) is 7.97. The summed E-state index contributed by atoms with van der Waals surface area (Å²) in [6.07, 6.45) is 7.02. The van der Waals surface area contributed by atoms with Crippen LogP contribution in [-0.4, -0.2) is 103 Å². The molecule has 3 amide bonds. The predicted molar refractivity (Wildman–Crippen MR) is 205 cm³/mol. The van der Waals surface area contributed by atoms with Crippen molar-refractivity contribution < 1.29 is 18.4 Å². The molecular weight excluding hydrogens is 707 g/mol. The van der Waals surface area contributed by atoms with Crippen LogP contribution in [-0.2, 0) is 11.3 Å². The van der Waals surface area contributed by atoms with Crippen LogP contribution in [0.25, 0.3) is 22.3 Å². The van der Waals surface area contributed by atoms with Crippen molar-refractivity contribution in [2.24, 2.45) is 0 Å². The van der Waals surface area contributed by atoms with E-state index in [1.807, 2.05) is 55.8 Å². The van der Waals surface area contributed by atoms with E-state index < -0.39 is 17.7 Å². The molecule has 55 heavy (non-hydrogen) atoms. The number of carbonyl (C=O) groups is 2. The zero-order valence-corrected chi connectivity index (χ0v) is 31.2. The minimum Gasteiger partial charge on any atom is -0.370 e. The van der Waals surface area contributed by atoms with E-state index in [1.165, 1.54) is 11.0 Å². The Labute approximate surface area is 317 Å². The van der Waals surface area contributed by atoms with E-state index in [0.29, 0.717) is 41.1 Å². The van der Waals surface area contributed by atoms with Gasteiger partial charge in [0.2, 0.25) is 11.9 Å². The Kier molecular flexibility index (Phi) is 10.1. The average molecular weight is 751 g/mol. The van der Waals surface area contributed by atoms with Gasteiger partial charge in [0.05, 0.1) is 23.6 Å². The number of imidazole rings is 1. The molecule has 1 aromatic carbocycles. The molecule has 4 aromatic heterocycles. The van der Waals surface area contributed by atoms with Crippen molar-refractivity contribution in [1.29, 1.82) is 0 Å². The molecule has 3 saturated heterocycles. The maximum absolute atomic E-state index is 15.1. The van der Waals surface area contributed by atoms with E-state index in [0.717, 1.165) is 76.1 Å². The first-order chi connectivity index (χ1) is 26.6. The van der Waals surface area contributed by atoms with Crippen LogP contribution in [0.5, 0.6) is 0 Å². The number of imide groups is 1. The number of anilines is 4. The number of urea groups is 1. The van der Waals surface area contributed by atoms with Crippen LogP contribution in [0.3, 0.4) is 0 Å². The first-order valence-electron chi connectivity index (χ1n) is 18.8. The van der Waals surface area contributed by atoms with E-state index in [9.17, 15) is 9.59 Å². The summed E-state index contributed by atoms with van der Waals surface area (Å²) in [6, 6.07) is 10.9. The second kappa shape index (κ2) is 15.3. The van der Waals surface area contributed by atoms with E-state index in [1.54, 1.807) is 12.3 Å². The predicted octanol–water partition coefficient (Wildman–Crippen LogP) is 5.43. The Morgan fingerprint density at radius 2 is 1.69 bits per heavy atom. The molecule has 0 atom stereocenters. The van der Waals surface area contributed by atoms with Crippen LogP contribution in [0.1, 0.15) is 50.5 Å². The maximum Gasteiger partial charge on any atom is 0.329 e. The number of benzene rings is 1. The molecule has 3 fully saturated rings. The second-order valence-electron chi connectivity index (χ2n) is 14.7. The Bertz CT molecular complexity index is 2210. The molecule has 8 rings (SSSR count). The van der Waals surface area contributed by atoms with Gasteiger partial charge in [-0.3, -0.25) is 24.8 Å². The molecule has 0 unspecified atom stereocenters. The van der Waals surface area contributed by atoms with Gasteiger partial charge < -0.3 is 14.8 Å². The molecule has 16 heteroatoms. The van der Waals surface area contributed by atoms with Crippen LogP contribution in [0, 0.1) is 18.6 Å². The number of aromatic nitrogens is 6. The number of pyridine rings is 2. The monoisotopic (exact) mass is 750 g/mol. The minimum absolute atomic E-state index is 0.0129. The molecule has 3 aliphatic heterocycles. The third-order valence-electron chi connectivity index (χ3n) is 10.7. The van der Waals surface area contributed by atoms with Gasteiger partial charge in [0.15, 0.2) is 11.6 Å². The van der Waals surface area contributed by atoms with Gasteiger partial charge in [0, 0.05) is 82.6 Å². The third-order valence-corrected chi connectivity index (χ3v) is 10.7. The van der Waals surface area contributed by atoms with E-state index in [2.05, 4.69) is 50.3 Å². The molecule has 14 nitrogen and oxygen atoms in total. The zero-order chi connectivity index (χ0) is 38.2. The van der Waals surface area contributed by atoms with E-state index in [4.69, 9.17) is 0 Å². The number of hydrogen-bond acceptors (Lipinski definition) is 11. The number of piperazine rings is 1. The largest absolute Gasteiger partial charge is 0.370 e. The standard InChI is InChI=1S/C39H44F2N12O2/c1-24(2)53-25(3)45-37-30(40)19-27(20-32(37)53)36-31(41)22-44-38(48-36)46-33-5-4-29(21-43-33)50-11-7-28(8-12-50)51-16-14-49(15-17-51)23-26-6-10-42-34(18-26)52-13-9-35(54)47-39(52)55/h4-6,10,18-22,24,28H,7-9,11-17,23H2,1-3H3,(H,47,54,55)(H,43,44,46,48). The molecule has 2 N–H and O–H groups in total. The lowest BCUT2D eigenvalue weighted by atomic mass is 10.0. The van der Waals surface area contributed by atoms with Crippen molar-refractivity contribution in [3.8, 4) is 11.3 Å². The lowest BCUT2D eigenvalue weighted by Crippen LogP contribution is -2.53. The van der Waals surface area contributed by atoms with Gasteiger partial charge in [-0.25, -0.2) is 38.5 Å². The molecule has 286 valence electrons. The quantitative estimate of drug-likeness (QED) is 0.200. The number of rotatable bonds is 9. The van der Waals surface area contributed by atoms with Crippen LogP contribution in [0.2, 0.25) is 0 Å². The summed E-state index contributed by atoms with van der Waals surface area (Å²) in [5.74, 6) is 0.473. The van der Waals surface area contributed by atoms with Crippen molar-refractivity contribution in [3.63, 3.8) is 0 Å². The Morgan fingerprint density at radius 3 is 2.42 bits per heavy atom. The lowest BCUT2D eigenvalue weighted by molar-refractivity contribution is -0.120. The van der Waals surface area contributed by atoms with Gasteiger partial charge in [-0.15, -0.1) is 0 Å². The lowest BCUT2D eigenvalue weighted by Gasteiger charge is -2.43. The number of halogens is 2. The van der Waals surface area contributed by atoms with Crippen molar-refractivity contribution in [1.82, 2.24) is 44.6 Å². The molecule has 0 spiro atoms. The molecule has 5 aromatic rings. The molecule has 0 bridgehead atoms. The van der Waals surface area contributed by atoms with Gasteiger partial charge in [-0.1, -0.05) is 0 Å². The van der Waals surface area contributed by atoms with Crippen LogP contribution < -0.4 is 20.4 Å². The molecule has 3 aliphatic rings. The minimum atomic E-state index is -0.657. The summed E-state index contributed by atoms with van der Waals surface area (Å²) in [4.78, 5) is 54.6. The normalized spacial score (nSPS) is 17.7. The molecule has 0 aliphatic carbocycles. The SMILES string of the molecule is Cc1nc2c(F)cc(-c3nc(Nc4ccc(N5CCC(N6CCN(Cc7ccnc(N8CCC(=O)NC8=O)c7)CC6)CC5)cn4)ncc3F)cc2n1C(C)C. The highest BCUT2D eigenvalue weighted by Gasteiger charge is 2.29. The smallest absolute Gasteiger partial charge is 0.329 e. The van der Waals surface area contributed by atoms with Crippen molar-refractivity contribution in [3.05, 3.63) is 78.0 Å². The van der Waals surface area contributed by atoms with Gasteiger partial charge >= 0.3 is 6.03 Å². The fourth-order valence-electron chi connectivity index (χ4n) is 7.97. The van der Waals surface area contributed by atoms with Crippen LogP contribution in [0.15, 0.2) is 55.0 Å². The highest BCUT2D eigenvalue weighted by Crippen LogP contribution is 2.31. The Balaban J connectivity index is 0.836. The van der Waals surface area contributed by atoms with Crippen LogP contribution in [0.4, 0.5) is 36.8 Å². The van der Waals surface area contributed by atoms with Gasteiger partial charge in [0.1, 0.15) is 28.7 Å². The zero-order valence-electron chi connectivity index (χ0n) is 31.2. The number of carbonyl (C=O) groups excluding carboxylic acids is 2. The molecule has 7 heterocycles. The number of hydrogen-bond donors (Lipinski definition) is 2. The second-order valence-corrected chi connectivity index (χ2v) is 14.7. The first kappa shape index (κ1) is 36.4. The molecular formula is C39H44F2N12O2. The molecule has 0 radical (unpaired) electrons. The Hall–Kier alpha value is -5.61. The van der Waals surface area contributed by atoms with E-state index in [-0.39, 0.29) is 35.5 Å². The number of fused-ring (bicyclic) bond motifs is 1. The van der Waals surface area contributed by atoms with Crippen molar-refractivity contribution in [2.75, 3.05) is 60.9 Å². The van der Waals surface area contributed by atoms with Crippen LogP contribution >= 0.6 is 0 Å². The van der Waals surface area contributed by atoms with Crippen molar-refractivity contribution in [2.45, 2.75) is 58.7 Å². The Morgan fingerprint density at radius 1 is 0.891 bits per heavy atom. The fraction of sp³-hybridized carbons (Fsp3) is 0.410. The van der Waals surface area contributed by atoms with Gasteiger partial charge in [-0.05, 0) is 75.6 Å². The highest BCUT2D eigenvalue weighted by atomic mass is 19.1. The van der Waals surface area contributed by atoms with Gasteiger partial charge in [-0.2, -0.15) is 0 Å². The molecule has 0 saturated carbocycles. The average Bonchev–Trinajstić information content (AvgIpc) is 3.53. The summed E-state index contributed by atoms with van der Waals surface area (Å²) < 4.78 is 32.1. The number of nitrogens with one attached hydrogen (secondary N) is 2. The number of aryl methyl sites for hydroxylation is 1. The summed E-state index contributed by atoms with van der Waals surface area (Å²) in [5.41, 5.74) is 3.24. The van der Waals surface area contributed by atoms with E-state index >= 15 is 8.78 Å². The first-order valence-corrected chi connectivity index (χ1v) is 18.8. The van der Waals surface area contributed by atoms with Crippen molar-refractivity contribution >= 4 is 46.2 Å². The summed E-state index contributed by atoms with van der Waals surface area (Å²) in [5, 5.41) is 5.44. The topological polar surface area (TPSA) is 141 Å². The summed E-state index contributed by atoms with van der Waals surface area (Å²) in [7, 11) is 0.